The van der Waals surface area contributed by atoms with Gasteiger partial charge in [0.1, 0.15) is 0 Å². The summed E-state index contributed by atoms with van der Waals surface area (Å²) < 4.78 is 0. The third kappa shape index (κ3) is 4.08. The molecule has 3 fully saturated rings. The van der Waals surface area contributed by atoms with Gasteiger partial charge in [-0.15, -0.1) is 0 Å². The van der Waals surface area contributed by atoms with Crippen molar-refractivity contribution in [3.05, 3.63) is 0 Å². The Morgan fingerprint density at radius 1 is 0.909 bits per heavy atom. The highest BCUT2D eigenvalue weighted by molar-refractivity contribution is 5.02. The topological polar surface area (TPSA) is 12.0 Å². The Labute approximate surface area is 141 Å². The molecule has 1 saturated heterocycles. The molecule has 3 rings (SSSR count). The monoisotopic (exact) mass is 309 g/mol. The summed E-state index contributed by atoms with van der Waals surface area (Å²) in [5.41, 5.74) is 0.566. The van der Waals surface area contributed by atoms with Crippen molar-refractivity contribution >= 4 is 0 Å². The summed E-state index contributed by atoms with van der Waals surface area (Å²) in [6.45, 7) is 18.1. The Morgan fingerprint density at radius 3 is 2.14 bits per heavy atom. The summed E-state index contributed by atoms with van der Waals surface area (Å²) in [6, 6.07) is 0. The van der Waals surface area contributed by atoms with Gasteiger partial charge in [0, 0.05) is 0 Å². The van der Waals surface area contributed by atoms with E-state index >= 15 is 0 Å². The summed E-state index contributed by atoms with van der Waals surface area (Å²) in [5, 5.41) is 3.60. The second-order valence-electron chi connectivity index (χ2n) is 7.88. The van der Waals surface area contributed by atoms with Gasteiger partial charge >= 0.3 is 0 Å². The van der Waals surface area contributed by atoms with Crippen LogP contribution < -0.4 is 5.32 Å². The van der Waals surface area contributed by atoms with Gasteiger partial charge in [0.25, 0.3) is 0 Å². The molecular weight excluding hydrogens is 266 g/mol. The number of hydrogen-bond donors (Lipinski definition) is 1. The van der Waals surface area contributed by atoms with Crippen LogP contribution in [0.15, 0.2) is 0 Å². The molecule has 2 saturated carbocycles. The van der Waals surface area contributed by atoms with Gasteiger partial charge in [0.05, 0.1) is 0 Å². The molecule has 1 heteroatoms. The van der Waals surface area contributed by atoms with E-state index in [-0.39, 0.29) is 0 Å². The van der Waals surface area contributed by atoms with Crippen molar-refractivity contribution in [2.45, 2.75) is 87.0 Å². The summed E-state index contributed by atoms with van der Waals surface area (Å²) >= 11 is 0. The van der Waals surface area contributed by atoms with Crippen molar-refractivity contribution < 1.29 is 0 Å². The minimum absolute atomic E-state index is 0.566. The zero-order chi connectivity index (χ0) is 16.8. The first-order valence-corrected chi connectivity index (χ1v) is 10.3. The molecule has 0 bridgehead atoms. The molecule has 2 aliphatic carbocycles. The van der Waals surface area contributed by atoms with E-state index in [4.69, 9.17) is 0 Å². The van der Waals surface area contributed by atoms with Crippen molar-refractivity contribution in [2.24, 2.45) is 35.0 Å². The second-order valence-corrected chi connectivity index (χ2v) is 7.88. The van der Waals surface area contributed by atoms with E-state index < -0.39 is 0 Å². The largest absolute Gasteiger partial charge is 0.316 e. The second kappa shape index (κ2) is 9.30. The van der Waals surface area contributed by atoms with Gasteiger partial charge < -0.3 is 5.32 Å². The first-order chi connectivity index (χ1) is 10.6. The predicted octanol–water partition coefficient (Wildman–Crippen LogP) is 6.14. The van der Waals surface area contributed by atoms with Crippen LogP contribution in [0.2, 0.25) is 0 Å². The molecule has 0 aromatic rings. The molecule has 0 aromatic heterocycles. The summed E-state index contributed by atoms with van der Waals surface area (Å²) in [4.78, 5) is 0. The van der Waals surface area contributed by atoms with E-state index in [1.165, 1.54) is 45.2 Å². The molecule has 0 aromatic carbocycles. The van der Waals surface area contributed by atoms with Crippen LogP contribution in [-0.2, 0) is 0 Å². The van der Waals surface area contributed by atoms with E-state index in [2.05, 4.69) is 26.1 Å². The maximum Gasteiger partial charge on any atom is -0.00173 e. The minimum atomic E-state index is 0.566. The van der Waals surface area contributed by atoms with Gasteiger partial charge in [-0.25, -0.2) is 0 Å². The van der Waals surface area contributed by atoms with E-state index in [1.807, 2.05) is 27.7 Å². The van der Waals surface area contributed by atoms with Crippen LogP contribution in [0.5, 0.6) is 0 Å². The van der Waals surface area contributed by atoms with Gasteiger partial charge in [-0.2, -0.15) is 0 Å². The summed E-state index contributed by atoms with van der Waals surface area (Å²) in [5.74, 6) is 5.20. The Balaban J connectivity index is 0.000000561. The smallest absolute Gasteiger partial charge is 0.00173 e. The molecule has 0 radical (unpaired) electrons. The van der Waals surface area contributed by atoms with E-state index in [0.717, 1.165) is 29.6 Å². The van der Waals surface area contributed by atoms with E-state index in [9.17, 15) is 0 Å². The molecule has 1 aliphatic heterocycles. The lowest BCUT2D eigenvalue weighted by Crippen LogP contribution is -2.35. The summed E-state index contributed by atoms with van der Waals surface area (Å²) in [7, 11) is 0. The van der Waals surface area contributed by atoms with Crippen LogP contribution in [0, 0.1) is 35.0 Å². The highest BCUT2D eigenvalue weighted by atomic mass is 14.9. The van der Waals surface area contributed by atoms with Crippen molar-refractivity contribution in [3.63, 3.8) is 0 Å². The summed E-state index contributed by atoms with van der Waals surface area (Å²) in [6.07, 6.45) is 8.96. The van der Waals surface area contributed by atoms with E-state index in [0.29, 0.717) is 5.41 Å². The van der Waals surface area contributed by atoms with Crippen LogP contribution >= 0.6 is 0 Å². The van der Waals surface area contributed by atoms with Gasteiger partial charge in [-0.3, -0.25) is 0 Å². The normalized spacial score (nSPS) is 37.0. The molecule has 1 nitrogen and oxygen atoms in total. The molecular formula is C21H43N. The van der Waals surface area contributed by atoms with Crippen LogP contribution in [0.25, 0.3) is 0 Å². The fourth-order valence-corrected chi connectivity index (χ4v) is 5.57. The van der Waals surface area contributed by atoms with Crippen molar-refractivity contribution in [1.82, 2.24) is 5.32 Å². The lowest BCUT2D eigenvalue weighted by molar-refractivity contribution is 0.0842. The standard InChI is InChI=1S/C17H31N.2C2H6/c1-4-17(2,3)16-14-7-5-6-12(14)10-15(16)13-8-9-18-11-13;2*1-2/h12-16,18H,4-11H2,1-3H3;2*1-2H3. The van der Waals surface area contributed by atoms with Crippen molar-refractivity contribution in [1.29, 1.82) is 0 Å². The quantitative estimate of drug-likeness (QED) is 0.660. The third-order valence-corrected chi connectivity index (χ3v) is 6.73. The first-order valence-electron chi connectivity index (χ1n) is 10.3. The molecule has 1 heterocycles. The zero-order valence-corrected chi connectivity index (χ0v) is 16.5. The molecule has 5 atom stereocenters. The first kappa shape index (κ1) is 20.0. The van der Waals surface area contributed by atoms with Crippen LogP contribution in [0.3, 0.4) is 0 Å². The number of hydrogen-bond acceptors (Lipinski definition) is 1. The van der Waals surface area contributed by atoms with Gasteiger partial charge in [0.2, 0.25) is 0 Å². The number of nitrogens with one attached hydrogen (secondary N) is 1. The fourth-order valence-electron chi connectivity index (χ4n) is 5.57. The Kier molecular flexibility index (Phi) is 8.46. The Morgan fingerprint density at radius 2 is 1.59 bits per heavy atom. The lowest BCUT2D eigenvalue weighted by atomic mass is 9.64. The van der Waals surface area contributed by atoms with E-state index in [1.54, 1.807) is 6.42 Å². The zero-order valence-electron chi connectivity index (χ0n) is 16.5. The molecule has 1 N–H and O–H groups in total. The fraction of sp³-hybridized carbons (Fsp3) is 1.00. The maximum atomic E-state index is 3.60. The molecule has 22 heavy (non-hydrogen) atoms. The number of rotatable bonds is 3. The van der Waals surface area contributed by atoms with Gasteiger partial charge in [-0.1, -0.05) is 67.7 Å². The average Bonchev–Trinajstić information content (AvgIpc) is 3.26. The highest BCUT2D eigenvalue weighted by Gasteiger charge is 2.52. The number of fused-ring (bicyclic) bond motifs is 1. The maximum absolute atomic E-state index is 3.60. The van der Waals surface area contributed by atoms with Crippen LogP contribution in [0.1, 0.15) is 87.0 Å². The Bertz CT molecular complexity index is 290. The molecule has 3 aliphatic rings. The van der Waals surface area contributed by atoms with Crippen LogP contribution in [-0.4, -0.2) is 13.1 Å². The van der Waals surface area contributed by atoms with Gasteiger partial charge in [0.15, 0.2) is 0 Å². The minimum Gasteiger partial charge on any atom is -0.316 e. The average molecular weight is 310 g/mol. The van der Waals surface area contributed by atoms with Gasteiger partial charge in [-0.05, 0) is 67.4 Å². The highest BCUT2D eigenvalue weighted by Crippen LogP contribution is 2.59. The SMILES string of the molecule is CC.CC.CCC(C)(C)C1C2CCCC2CC1C1CCNC1. The predicted molar refractivity (Wildman–Crippen MR) is 100 cm³/mol. The third-order valence-electron chi connectivity index (χ3n) is 6.73. The molecule has 0 spiro atoms. The van der Waals surface area contributed by atoms with Crippen LogP contribution in [0.4, 0.5) is 0 Å². The molecule has 5 unspecified atom stereocenters. The lowest BCUT2D eigenvalue weighted by Gasteiger charge is -2.40. The molecule has 0 amide bonds. The molecule has 132 valence electrons. The van der Waals surface area contributed by atoms with Crippen molar-refractivity contribution in [2.75, 3.05) is 13.1 Å². The van der Waals surface area contributed by atoms with Crippen molar-refractivity contribution in [3.8, 4) is 0 Å². The Hall–Kier alpha value is -0.0400.